The van der Waals surface area contributed by atoms with Gasteiger partial charge in [0.2, 0.25) is 0 Å². The first kappa shape index (κ1) is 12.5. The van der Waals surface area contributed by atoms with Gasteiger partial charge < -0.3 is 9.88 Å². The monoisotopic (exact) mass is 326 g/mol. The van der Waals surface area contributed by atoms with Crippen LogP contribution in [0.25, 0.3) is 10.9 Å². The Balaban J connectivity index is 2.16. The smallest absolute Gasteiger partial charge is 0.0492 e. The molecular weight excluding hydrogens is 312 g/mol. The van der Waals surface area contributed by atoms with Crippen LogP contribution < -0.4 is 5.32 Å². The minimum absolute atomic E-state index is 0.636. The Hall–Kier alpha value is -0.510. The molecule has 1 fully saturated rings. The SMILES string of the molecule is Cn1c(C2CCNCC2)c(Br)c2cc(Cl)ccc21. The van der Waals surface area contributed by atoms with Gasteiger partial charge in [0.25, 0.3) is 0 Å². The second kappa shape index (κ2) is 4.87. The van der Waals surface area contributed by atoms with Gasteiger partial charge in [0, 0.05) is 39.1 Å². The molecule has 1 aromatic heterocycles. The van der Waals surface area contributed by atoms with Crippen molar-refractivity contribution in [3.8, 4) is 0 Å². The third-order valence-corrected chi connectivity index (χ3v) is 4.94. The van der Waals surface area contributed by atoms with E-state index in [-0.39, 0.29) is 0 Å². The minimum atomic E-state index is 0.636. The van der Waals surface area contributed by atoms with Crippen molar-refractivity contribution < 1.29 is 0 Å². The Morgan fingerprint density at radius 3 is 2.78 bits per heavy atom. The Kier molecular flexibility index (Phi) is 3.39. The fraction of sp³-hybridized carbons (Fsp3) is 0.429. The van der Waals surface area contributed by atoms with Crippen molar-refractivity contribution >= 4 is 38.4 Å². The maximum atomic E-state index is 6.10. The molecule has 96 valence electrons. The molecule has 0 unspecified atom stereocenters. The van der Waals surface area contributed by atoms with Crippen LogP contribution in [-0.2, 0) is 7.05 Å². The molecule has 0 atom stereocenters. The lowest BCUT2D eigenvalue weighted by Gasteiger charge is -2.24. The van der Waals surface area contributed by atoms with Crippen molar-refractivity contribution in [2.24, 2.45) is 7.05 Å². The van der Waals surface area contributed by atoms with Gasteiger partial charge in [-0.25, -0.2) is 0 Å². The lowest BCUT2D eigenvalue weighted by Crippen LogP contribution is -2.27. The maximum Gasteiger partial charge on any atom is 0.0492 e. The van der Waals surface area contributed by atoms with Gasteiger partial charge in [-0.2, -0.15) is 0 Å². The van der Waals surface area contributed by atoms with E-state index in [4.69, 9.17) is 11.6 Å². The summed E-state index contributed by atoms with van der Waals surface area (Å²) in [5, 5.41) is 5.44. The molecule has 0 amide bonds. The molecule has 1 aromatic carbocycles. The number of benzene rings is 1. The number of nitrogens with zero attached hydrogens (tertiary/aromatic N) is 1. The van der Waals surface area contributed by atoms with E-state index in [1.165, 1.54) is 33.9 Å². The van der Waals surface area contributed by atoms with Crippen LogP contribution in [0.2, 0.25) is 5.02 Å². The number of fused-ring (bicyclic) bond motifs is 1. The summed E-state index contributed by atoms with van der Waals surface area (Å²) in [6, 6.07) is 6.11. The summed E-state index contributed by atoms with van der Waals surface area (Å²) >= 11 is 9.87. The van der Waals surface area contributed by atoms with Gasteiger partial charge in [-0.05, 0) is 60.1 Å². The second-order valence-electron chi connectivity index (χ2n) is 4.94. The molecule has 3 rings (SSSR count). The zero-order valence-corrected chi connectivity index (χ0v) is 12.7. The molecule has 1 N–H and O–H groups in total. The summed E-state index contributed by atoms with van der Waals surface area (Å²) in [6.07, 6.45) is 2.41. The minimum Gasteiger partial charge on any atom is -0.346 e. The van der Waals surface area contributed by atoms with E-state index >= 15 is 0 Å². The highest BCUT2D eigenvalue weighted by molar-refractivity contribution is 9.10. The zero-order valence-electron chi connectivity index (χ0n) is 10.3. The van der Waals surface area contributed by atoms with E-state index in [0.29, 0.717) is 5.92 Å². The average Bonchev–Trinajstić information content (AvgIpc) is 2.63. The van der Waals surface area contributed by atoms with Crippen LogP contribution in [0.15, 0.2) is 22.7 Å². The third-order valence-electron chi connectivity index (χ3n) is 3.87. The molecule has 2 aromatic rings. The number of aryl methyl sites for hydroxylation is 1. The first-order valence-corrected chi connectivity index (χ1v) is 7.49. The molecule has 1 aliphatic heterocycles. The standard InChI is InChI=1S/C14H16BrClN2/c1-18-12-3-2-10(16)8-11(12)13(15)14(18)9-4-6-17-7-5-9/h2-3,8-9,17H,4-7H2,1H3. The maximum absolute atomic E-state index is 6.10. The number of hydrogen-bond acceptors (Lipinski definition) is 1. The Morgan fingerprint density at radius 2 is 2.06 bits per heavy atom. The average molecular weight is 328 g/mol. The van der Waals surface area contributed by atoms with Gasteiger partial charge in [0.1, 0.15) is 0 Å². The van der Waals surface area contributed by atoms with Crippen molar-refractivity contribution in [2.45, 2.75) is 18.8 Å². The zero-order chi connectivity index (χ0) is 12.7. The molecular formula is C14H16BrClN2. The fourth-order valence-corrected chi connectivity index (χ4v) is 4.02. The van der Waals surface area contributed by atoms with Crippen molar-refractivity contribution in [1.29, 1.82) is 0 Å². The molecule has 1 saturated heterocycles. The molecule has 0 spiro atoms. The molecule has 18 heavy (non-hydrogen) atoms. The predicted octanol–water partition coefficient (Wildman–Crippen LogP) is 4.06. The van der Waals surface area contributed by atoms with Gasteiger partial charge in [-0.3, -0.25) is 0 Å². The summed E-state index contributed by atoms with van der Waals surface area (Å²) in [7, 11) is 2.15. The van der Waals surface area contributed by atoms with E-state index < -0.39 is 0 Å². The number of nitrogens with one attached hydrogen (secondary N) is 1. The highest BCUT2D eigenvalue weighted by Crippen LogP contribution is 2.38. The first-order valence-electron chi connectivity index (χ1n) is 6.32. The number of aromatic nitrogens is 1. The normalized spacial score (nSPS) is 17.5. The van der Waals surface area contributed by atoms with Crippen LogP contribution in [0.5, 0.6) is 0 Å². The molecule has 0 bridgehead atoms. The highest BCUT2D eigenvalue weighted by Gasteiger charge is 2.23. The molecule has 2 heterocycles. The quantitative estimate of drug-likeness (QED) is 0.836. The summed E-state index contributed by atoms with van der Waals surface area (Å²) in [6.45, 7) is 2.22. The third kappa shape index (κ3) is 1.98. The van der Waals surface area contributed by atoms with Crippen LogP contribution >= 0.6 is 27.5 Å². The molecule has 0 radical (unpaired) electrons. The number of hydrogen-bond donors (Lipinski definition) is 1. The Bertz CT molecular complexity index is 585. The van der Waals surface area contributed by atoms with Crippen LogP contribution in [0, 0.1) is 0 Å². The molecule has 0 saturated carbocycles. The lowest BCUT2D eigenvalue weighted by atomic mass is 9.94. The van der Waals surface area contributed by atoms with E-state index in [1.54, 1.807) is 0 Å². The summed E-state index contributed by atoms with van der Waals surface area (Å²) < 4.78 is 3.53. The van der Waals surface area contributed by atoms with Gasteiger partial charge in [0.15, 0.2) is 0 Å². The van der Waals surface area contributed by atoms with E-state index in [9.17, 15) is 0 Å². The highest BCUT2D eigenvalue weighted by atomic mass is 79.9. The molecule has 1 aliphatic rings. The van der Waals surface area contributed by atoms with Gasteiger partial charge >= 0.3 is 0 Å². The van der Waals surface area contributed by atoms with Crippen LogP contribution in [0.4, 0.5) is 0 Å². The van der Waals surface area contributed by atoms with Crippen LogP contribution in [0.3, 0.4) is 0 Å². The largest absolute Gasteiger partial charge is 0.346 e. The van der Waals surface area contributed by atoms with E-state index in [0.717, 1.165) is 18.1 Å². The van der Waals surface area contributed by atoms with Crippen LogP contribution in [-0.4, -0.2) is 17.7 Å². The molecule has 0 aliphatic carbocycles. The number of piperidine rings is 1. The van der Waals surface area contributed by atoms with E-state index in [2.05, 4.69) is 38.9 Å². The second-order valence-corrected chi connectivity index (χ2v) is 6.17. The molecule has 2 nitrogen and oxygen atoms in total. The van der Waals surface area contributed by atoms with Gasteiger partial charge in [0.05, 0.1) is 0 Å². The van der Waals surface area contributed by atoms with Crippen molar-refractivity contribution in [3.05, 3.63) is 33.4 Å². The van der Waals surface area contributed by atoms with Crippen molar-refractivity contribution in [2.75, 3.05) is 13.1 Å². The summed E-state index contributed by atoms with van der Waals surface area (Å²) in [5.41, 5.74) is 2.66. The summed E-state index contributed by atoms with van der Waals surface area (Å²) in [4.78, 5) is 0. The Labute approximate surface area is 120 Å². The molecule has 4 heteroatoms. The van der Waals surface area contributed by atoms with Gasteiger partial charge in [-0.1, -0.05) is 11.6 Å². The van der Waals surface area contributed by atoms with E-state index in [1.807, 2.05) is 12.1 Å². The summed E-state index contributed by atoms with van der Waals surface area (Å²) in [5.74, 6) is 0.636. The van der Waals surface area contributed by atoms with Crippen molar-refractivity contribution in [1.82, 2.24) is 9.88 Å². The predicted molar refractivity (Wildman–Crippen MR) is 80.5 cm³/mol. The van der Waals surface area contributed by atoms with Crippen LogP contribution in [0.1, 0.15) is 24.5 Å². The van der Waals surface area contributed by atoms with Gasteiger partial charge in [-0.15, -0.1) is 0 Å². The fourth-order valence-electron chi connectivity index (χ4n) is 2.94. The Morgan fingerprint density at radius 1 is 1.33 bits per heavy atom. The lowest BCUT2D eigenvalue weighted by molar-refractivity contribution is 0.445. The number of rotatable bonds is 1. The first-order chi connectivity index (χ1) is 8.68. The topological polar surface area (TPSA) is 17.0 Å². The number of halogens is 2. The van der Waals surface area contributed by atoms with Crippen molar-refractivity contribution in [3.63, 3.8) is 0 Å².